The van der Waals surface area contributed by atoms with Crippen molar-refractivity contribution in [1.82, 2.24) is 16.0 Å². The molecule has 0 aliphatic rings. The third-order valence-electron chi connectivity index (χ3n) is 4.25. The highest BCUT2D eigenvalue weighted by atomic mass is 32.2. The maximum atomic E-state index is 12.7. The number of nitrogens with two attached hydrogens (primary N) is 2. The highest BCUT2D eigenvalue weighted by Gasteiger charge is 2.33. The van der Waals surface area contributed by atoms with Crippen LogP contribution >= 0.6 is 11.8 Å². The summed E-state index contributed by atoms with van der Waals surface area (Å²) in [6.45, 7) is 3.25. The van der Waals surface area contributed by atoms with E-state index in [4.69, 9.17) is 21.7 Å². The van der Waals surface area contributed by atoms with Crippen molar-refractivity contribution >= 4 is 47.3 Å². The fourth-order valence-corrected chi connectivity index (χ4v) is 2.98. The summed E-state index contributed by atoms with van der Waals surface area (Å²) in [7, 11) is 0. The Bertz CT molecular complexity index is 717. The molecule has 0 aromatic carbocycles. The fraction of sp³-hybridized carbons (Fsp3) is 0.667. The lowest BCUT2D eigenvalue weighted by molar-refractivity contribution is -0.145. The Balaban J connectivity index is 5.42. The maximum Gasteiger partial charge on any atom is 0.326 e. The zero-order chi connectivity index (χ0) is 25.0. The average molecular weight is 478 g/mol. The van der Waals surface area contributed by atoms with Crippen molar-refractivity contribution in [2.75, 3.05) is 12.0 Å². The quantitative estimate of drug-likeness (QED) is 0.132. The van der Waals surface area contributed by atoms with Crippen LogP contribution in [0.4, 0.5) is 0 Å². The third-order valence-corrected chi connectivity index (χ3v) is 4.89. The summed E-state index contributed by atoms with van der Waals surface area (Å²) in [6, 6.07) is -5.37. The summed E-state index contributed by atoms with van der Waals surface area (Å²) in [4.78, 5) is 70.8. The van der Waals surface area contributed by atoms with Gasteiger partial charge in [-0.1, -0.05) is 13.8 Å². The van der Waals surface area contributed by atoms with Crippen LogP contribution in [0.15, 0.2) is 0 Å². The zero-order valence-corrected chi connectivity index (χ0v) is 18.9. The zero-order valence-electron chi connectivity index (χ0n) is 18.1. The number of carboxylic acids is 2. The summed E-state index contributed by atoms with van der Waals surface area (Å²) >= 11 is 1.50. The van der Waals surface area contributed by atoms with Crippen LogP contribution in [0.5, 0.6) is 0 Å². The molecule has 0 aliphatic carbocycles. The molecule has 0 aromatic heterocycles. The smallest absolute Gasteiger partial charge is 0.326 e. The Morgan fingerprint density at radius 2 is 1.44 bits per heavy atom. The Morgan fingerprint density at radius 3 is 1.88 bits per heavy atom. The Labute approximate surface area is 189 Å². The largest absolute Gasteiger partial charge is 0.481 e. The summed E-state index contributed by atoms with van der Waals surface area (Å²) in [6.07, 6.45) is 0.626. The van der Waals surface area contributed by atoms with Crippen LogP contribution in [0.3, 0.4) is 0 Å². The van der Waals surface area contributed by atoms with Gasteiger partial charge in [0.15, 0.2) is 0 Å². The van der Waals surface area contributed by atoms with Gasteiger partial charge in [0.05, 0.1) is 18.9 Å². The molecular formula is C18H31N5O8S. The Morgan fingerprint density at radius 1 is 0.875 bits per heavy atom. The first-order chi connectivity index (χ1) is 14.8. The van der Waals surface area contributed by atoms with Crippen LogP contribution in [0.2, 0.25) is 0 Å². The van der Waals surface area contributed by atoms with E-state index in [0.29, 0.717) is 12.2 Å². The summed E-state index contributed by atoms with van der Waals surface area (Å²) in [5, 5.41) is 24.9. The molecule has 9 N–H and O–H groups in total. The third kappa shape index (κ3) is 10.9. The molecule has 0 spiro atoms. The minimum absolute atomic E-state index is 0.375. The van der Waals surface area contributed by atoms with Crippen molar-refractivity contribution in [2.45, 2.75) is 57.3 Å². The minimum atomic E-state index is -1.71. The number of amides is 4. The van der Waals surface area contributed by atoms with E-state index in [-0.39, 0.29) is 0 Å². The molecular weight excluding hydrogens is 446 g/mol. The average Bonchev–Trinajstić information content (AvgIpc) is 2.67. The van der Waals surface area contributed by atoms with Gasteiger partial charge in [-0.25, -0.2) is 4.79 Å². The number of aliphatic carboxylic acids is 2. The van der Waals surface area contributed by atoms with Crippen LogP contribution in [0, 0.1) is 5.92 Å². The fourth-order valence-electron chi connectivity index (χ4n) is 2.49. The molecule has 182 valence electrons. The number of carboxylic acid groups (broad SMARTS) is 2. The molecule has 0 aromatic rings. The lowest BCUT2D eigenvalue weighted by Gasteiger charge is -2.26. The molecule has 0 rings (SSSR count). The van der Waals surface area contributed by atoms with Gasteiger partial charge in [0.1, 0.15) is 18.1 Å². The number of carbonyl (C=O) groups excluding carboxylic acids is 4. The van der Waals surface area contributed by atoms with Crippen LogP contribution in [-0.4, -0.2) is 82.0 Å². The van der Waals surface area contributed by atoms with Crippen LogP contribution in [-0.2, 0) is 28.8 Å². The lowest BCUT2D eigenvalue weighted by Crippen LogP contribution is -2.59. The first kappa shape index (κ1) is 29.1. The standard InChI is InChI=1S/C18H31N5O8S/c1-8(2)14(23-15(27)9(19)4-5-32-3)17(29)21-10(7-13(25)26)16(28)22-11(18(30)31)6-12(20)24/h8-11,14H,4-7,19H2,1-3H3,(H2,20,24)(H,21,29)(H,22,28)(H,23,27)(H,25,26)(H,30,31). The van der Waals surface area contributed by atoms with E-state index in [1.807, 2.05) is 11.6 Å². The van der Waals surface area contributed by atoms with Gasteiger partial charge in [-0.15, -0.1) is 0 Å². The van der Waals surface area contributed by atoms with Gasteiger partial charge in [0, 0.05) is 0 Å². The van der Waals surface area contributed by atoms with Gasteiger partial charge >= 0.3 is 11.9 Å². The molecule has 4 unspecified atom stereocenters. The number of hydrogen-bond acceptors (Lipinski definition) is 8. The second-order valence-corrected chi connectivity index (χ2v) is 8.33. The van der Waals surface area contributed by atoms with Gasteiger partial charge in [0.2, 0.25) is 23.6 Å². The van der Waals surface area contributed by atoms with Gasteiger partial charge in [-0.3, -0.25) is 24.0 Å². The van der Waals surface area contributed by atoms with E-state index in [1.54, 1.807) is 13.8 Å². The molecule has 0 bridgehead atoms. The number of primary amides is 1. The number of thioether (sulfide) groups is 1. The van der Waals surface area contributed by atoms with Crippen molar-refractivity contribution < 1.29 is 39.0 Å². The normalized spacial score (nSPS) is 14.5. The predicted molar refractivity (Wildman–Crippen MR) is 115 cm³/mol. The molecule has 0 fully saturated rings. The first-order valence-electron chi connectivity index (χ1n) is 9.68. The topological polar surface area (TPSA) is 231 Å². The predicted octanol–water partition coefficient (Wildman–Crippen LogP) is -2.39. The Kier molecular flexibility index (Phi) is 13.0. The van der Waals surface area contributed by atoms with Crippen LogP contribution < -0.4 is 27.4 Å². The molecule has 0 aliphatic heterocycles. The van der Waals surface area contributed by atoms with Gasteiger partial charge in [-0.2, -0.15) is 11.8 Å². The van der Waals surface area contributed by atoms with Crippen LogP contribution in [0.25, 0.3) is 0 Å². The van der Waals surface area contributed by atoms with Gasteiger partial charge in [-0.05, 0) is 24.3 Å². The van der Waals surface area contributed by atoms with Crippen molar-refractivity contribution in [3.8, 4) is 0 Å². The lowest BCUT2D eigenvalue weighted by atomic mass is 10.0. The second-order valence-electron chi connectivity index (χ2n) is 7.35. The molecule has 0 radical (unpaired) electrons. The summed E-state index contributed by atoms with van der Waals surface area (Å²) in [5.41, 5.74) is 10.7. The Hall–Kier alpha value is -2.87. The minimum Gasteiger partial charge on any atom is -0.481 e. The van der Waals surface area contributed by atoms with E-state index in [1.165, 1.54) is 11.8 Å². The van der Waals surface area contributed by atoms with Crippen LogP contribution in [0.1, 0.15) is 33.1 Å². The molecule has 32 heavy (non-hydrogen) atoms. The molecule has 4 amide bonds. The number of rotatable bonds is 15. The van der Waals surface area contributed by atoms with E-state index < -0.39 is 78.5 Å². The summed E-state index contributed by atoms with van der Waals surface area (Å²) in [5.74, 6) is -6.41. The van der Waals surface area contributed by atoms with E-state index in [0.717, 1.165) is 0 Å². The van der Waals surface area contributed by atoms with Crippen molar-refractivity contribution in [3.05, 3.63) is 0 Å². The maximum absolute atomic E-state index is 12.7. The van der Waals surface area contributed by atoms with Crippen molar-refractivity contribution in [2.24, 2.45) is 17.4 Å². The second kappa shape index (κ2) is 14.2. The SMILES string of the molecule is CSCCC(N)C(=O)NC(C(=O)NC(CC(=O)O)C(=O)NC(CC(N)=O)C(=O)O)C(C)C. The van der Waals surface area contributed by atoms with E-state index >= 15 is 0 Å². The molecule has 0 heterocycles. The van der Waals surface area contributed by atoms with E-state index in [9.17, 15) is 28.8 Å². The van der Waals surface area contributed by atoms with Crippen molar-refractivity contribution in [3.63, 3.8) is 0 Å². The van der Waals surface area contributed by atoms with Gasteiger partial charge in [0.25, 0.3) is 0 Å². The van der Waals surface area contributed by atoms with Gasteiger partial charge < -0.3 is 37.6 Å². The molecule has 0 saturated heterocycles. The highest BCUT2D eigenvalue weighted by Crippen LogP contribution is 2.06. The molecule has 14 heteroatoms. The van der Waals surface area contributed by atoms with E-state index in [2.05, 4.69) is 10.6 Å². The van der Waals surface area contributed by atoms with Crippen molar-refractivity contribution in [1.29, 1.82) is 0 Å². The monoisotopic (exact) mass is 477 g/mol. The number of nitrogens with one attached hydrogen (secondary N) is 3. The first-order valence-corrected chi connectivity index (χ1v) is 11.1. The molecule has 13 nitrogen and oxygen atoms in total. The highest BCUT2D eigenvalue weighted by molar-refractivity contribution is 7.98. The molecule has 0 saturated carbocycles. The summed E-state index contributed by atoms with van der Waals surface area (Å²) < 4.78 is 0. The molecule has 4 atom stereocenters. The number of hydrogen-bond donors (Lipinski definition) is 7. The number of carbonyl (C=O) groups is 6.